The van der Waals surface area contributed by atoms with Crippen molar-refractivity contribution in [1.29, 1.82) is 0 Å². The molecule has 9 heteroatoms. The quantitative estimate of drug-likeness (QED) is 0.538. The van der Waals surface area contributed by atoms with Gasteiger partial charge in [0.1, 0.15) is 6.33 Å². The molecule has 0 aliphatic rings. The standard InChI is InChI=1S/C12H20N6O3/c1-4-6-14-11-10(18(20)21)12(16-8-15-11)17(5-2)7-9(19)13-3/h8H,4-7H2,1-3H3,(H,13,19)(H,14,15,16). The van der Waals surface area contributed by atoms with Gasteiger partial charge in [0.25, 0.3) is 0 Å². The zero-order valence-corrected chi connectivity index (χ0v) is 12.4. The molecular weight excluding hydrogens is 276 g/mol. The maximum absolute atomic E-state index is 11.5. The summed E-state index contributed by atoms with van der Waals surface area (Å²) in [6, 6.07) is 0. The minimum Gasteiger partial charge on any atom is -0.364 e. The largest absolute Gasteiger partial charge is 0.364 e. The average Bonchev–Trinajstić information content (AvgIpc) is 2.49. The summed E-state index contributed by atoms with van der Waals surface area (Å²) in [6.45, 7) is 4.73. The Morgan fingerprint density at radius 3 is 2.67 bits per heavy atom. The Kier molecular flexibility index (Phi) is 6.31. The predicted molar refractivity (Wildman–Crippen MR) is 79.4 cm³/mol. The Balaban J connectivity index is 3.19. The van der Waals surface area contributed by atoms with Gasteiger partial charge in [-0.1, -0.05) is 6.92 Å². The van der Waals surface area contributed by atoms with Gasteiger partial charge >= 0.3 is 5.69 Å². The first-order valence-electron chi connectivity index (χ1n) is 6.73. The fourth-order valence-corrected chi connectivity index (χ4v) is 1.73. The smallest absolute Gasteiger partial charge is 0.353 e. The van der Waals surface area contributed by atoms with Crippen LogP contribution in [0.1, 0.15) is 20.3 Å². The number of aromatic nitrogens is 2. The SMILES string of the molecule is CCCNc1ncnc(N(CC)CC(=O)NC)c1[N+](=O)[O-]. The number of carbonyl (C=O) groups excluding carboxylic acids is 1. The van der Waals surface area contributed by atoms with Gasteiger partial charge in [-0.2, -0.15) is 0 Å². The van der Waals surface area contributed by atoms with Crippen LogP contribution in [0.2, 0.25) is 0 Å². The van der Waals surface area contributed by atoms with E-state index in [1.807, 2.05) is 6.92 Å². The van der Waals surface area contributed by atoms with Crippen LogP contribution in [0.25, 0.3) is 0 Å². The van der Waals surface area contributed by atoms with E-state index in [-0.39, 0.29) is 29.8 Å². The molecule has 1 aromatic rings. The van der Waals surface area contributed by atoms with E-state index in [0.717, 1.165) is 6.42 Å². The molecule has 0 bridgehead atoms. The predicted octanol–water partition coefficient (Wildman–Crippen LogP) is 0.779. The highest BCUT2D eigenvalue weighted by atomic mass is 16.6. The van der Waals surface area contributed by atoms with E-state index < -0.39 is 4.92 Å². The fourth-order valence-electron chi connectivity index (χ4n) is 1.73. The maximum Gasteiger partial charge on any atom is 0.353 e. The lowest BCUT2D eigenvalue weighted by molar-refractivity contribution is -0.383. The number of amides is 1. The van der Waals surface area contributed by atoms with Crippen molar-refractivity contribution < 1.29 is 9.72 Å². The Morgan fingerprint density at radius 2 is 2.14 bits per heavy atom. The van der Waals surface area contributed by atoms with E-state index in [1.54, 1.807) is 6.92 Å². The van der Waals surface area contributed by atoms with Crippen molar-refractivity contribution in [2.75, 3.05) is 36.9 Å². The normalized spacial score (nSPS) is 10.0. The van der Waals surface area contributed by atoms with Crippen LogP contribution in [-0.2, 0) is 4.79 Å². The molecule has 0 fully saturated rings. The number of nitrogens with one attached hydrogen (secondary N) is 2. The van der Waals surface area contributed by atoms with Gasteiger partial charge < -0.3 is 15.5 Å². The molecule has 0 aliphatic heterocycles. The minimum absolute atomic E-state index is 0.00191. The van der Waals surface area contributed by atoms with Crippen molar-refractivity contribution in [3.05, 3.63) is 16.4 Å². The van der Waals surface area contributed by atoms with Gasteiger partial charge in [-0.15, -0.1) is 0 Å². The molecule has 0 atom stereocenters. The summed E-state index contributed by atoms with van der Waals surface area (Å²) in [5.74, 6) is 0.0646. The number of hydrogen-bond donors (Lipinski definition) is 2. The molecule has 1 heterocycles. The highest BCUT2D eigenvalue weighted by molar-refractivity contribution is 5.82. The number of nitro groups is 1. The molecule has 1 aromatic heterocycles. The molecule has 0 aliphatic carbocycles. The van der Waals surface area contributed by atoms with Crippen molar-refractivity contribution >= 4 is 23.2 Å². The first kappa shape index (κ1) is 16.6. The Bertz CT molecular complexity index is 508. The van der Waals surface area contributed by atoms with Gasteiger partial charge in [-0.3, -0.25) is 14.9 Å². The van der Waals surface area contributed by atoms with Crippen molar-refractivity contribution in [3.8, 4) is 0 Å². The molecule has 0 aromatic carbocycles. The fraction of sp³-hybridized carbons (Fsp3) is 0.583. The molecule has 116 valence electrons. The molecule has 1 amide bonds. The Labute approximate surface area is 122 Å². The van der Waals surface area contributed by atoms with Crippen molar-refractivity contribution in [2.45, 2.75) is 20.3 Å². The molecule has 0 spiro atoms. The molecule has 9 nitrogen and oxygen atoms in total. The Morgan fingerprint density at radius 1 is 1.43 bits per heavy atom. The summed E-state index contributed by atoms with van der Waals surface area (Å²) in [4.78, 5) is 31.8. The number of carbonyl (C=O) groups is 1. The molecule has 0 saturated carbocycles. The molecule has 1 rings (SSSR count). The van der Waals surface area contributed by atoms with Crippen LogP contribution in [0.4, 0.5) is 17.3 Å². The lowest BCUT2D eigenvalue weighted by Crippen LogP contribution is -2.36. The first-order valence-corrected chi connectivity index (χ1v) is 6.73. The van der Waals surface area contributed by atoms with Gasteiger partial charge in [0.2, 0.25) is 17.5 Å². The molecule has 0 radical (unpaired) electrons. The van der Waals surface area contributed by atoms with E-state index in [9.17, 15) is 14.9 Å². The lowest BCUT2D eigenvalue weighted by Gasteiger charge is -2.21. The van der Waals surface area contributed by atoms with Crippen LogP contribution in [0.15, 0.2) is 6.33 Å². The van der Waals surface area contributed by atoms with Crippen molar-refractivity contribution in [3.63, 3.8) is 0 Å². The van der Waals surface area contributed by atoms with Gasteiger partial charge in [-0.05, 0) is 13.3 Å². The zero-order valence-electron chi connectivity index (χ0n) is 12.4. The van der Waals surface area contributed by atoms with Gasteiger partial charge in [0.15, 0.2) is 0 Å². The van der Waals surface area contributed by atoms with Crippen molar-refractivity contribution in [2.24, 2.45) is 0 Å². The number of rotatable bonds is 8. The highest BCUT2D eigenvalue weighted by Crippen LogP contribution is 2.31. The number of nitrogens with zero attached hydrogens (tertiary/aromatic N) is 4. The van der Waals surface area contributed by atoms with Crippen LogP contribution >= 0.6 is 0 Å². The second kappa shape index (κ2) is 7.98. The second-order valence-electron chi connectivity index (χ2n) is 4.27. The van der Waals surface area contributed by atoms with Crippen LogP contribution in [0, 0.1) is 10.1 Å². The number of hydrogen-bond acceptors (Lipinski definition) is 7. The molecule has 0 saturated heterocycles. The van der Waals surface area contributed by atoms with E-state index in [0.29, 0.717) is 13.1 Å². The average molecular weight is 296 g/mol. The van der Waals surface area contributed by atoms with Crippen LogP contribution in [0.5, 0.6) is 0 Å². The summed E-state index contributed by atoms with van der Waals surface area (Å²) in [5.41, 5.74) is -0.211. The van der Waals surface area contributed by atoms with Crippen LogP contribution in [-0.4, -0.2) is 47.5 Å². The van der Waals surface area contributed by atoms with Gasteiger partial charge in [-0.25, -0.2) is 9.97 Å². The summed E-state index contributed by atoms with van der Waals surface area (Å²) < 4.78 is 0. The topological polar surface area (TPSA) is 113 Å². The zero-order chi connectivity index (χ0) is 15.8. The number of anilines is 2. The summed E-state index contributed by atoms with van der Waals surface area (Å²) in [6.07, 6.45) is 2.07. The van der Waals surface area contributed by atoms with E-state index in [4.69, 9.17) is 0 Å². The first-order chi connectivity index (χ1) is 10.0. The van der Waals surface area contributed by atoms with Crippen molar-refractivity contribution in [1.82, 2.24) is 15.3 Å². The van der Waals surface area contributed by atoms with E-state index in [1.165, 1.54) is 18.3 Å². The highest BCUT2D eigenvalue weighted by Gasteiger charge is 2.27. The Hall–Kier alpha value is -2.45. The third-order valence-corrected chi connectivity index (χ3v) is 2.82. The monoisotopic (exact) mass is 296 g/mol. The third kappa shape index (κ3) is 4.26. The van der Waals surface area contributed by atoms with Crippen LogP contribution in [0.3, 0.4) is 0 Å². The molecule has 2 N–H and O–H groups in total. The molecule has 21 heavy (non-hydrogen) atoms. The summed E-state index contributed by atoms with van der Waals surface area (Å²) in [5, 5.41) is 16.7. The third-order valence-electron chi connectivity index (χ3n) is 2.82. The van der Waals surface area contributed by atoms with Gasteiger partial charge in [0.05, 0.1) is 11.5 Å². The summed E-state index contributed by atoms with van der Waals surface area (Å²) in [7, 11) is 1.51. The number of likely N-dealkylation sites (N-methyl/N-ethyl adjacent to an activating group) is 2. The maximum atomic E-state index is 11.5. The summed E-state index contributed by atoms with van der Waals surface area (Å²) >= 11 is 0. The van der Waals surface area contributed by atoms with Crippen LogP contribution < -0.4 is 15.5 Å². The lowest BCUT2D eigenvalue weighted by atomic mass is 10.3. The van der Waals surface area contributed by atoms with E-state index >= 15 is 0 Å². The minimum atomic E-state index is -0.528. The molecular formula is C12H20N6O3. The second-order valence-corrected chi connectivity index (χ2v) is 4.27. The van der Waals surface area contributed by atoms with E-state index in [2.05, 4.69) is 20.6 Å². The molecule has 0 unspecified atom stereocenters. The van der Waals surface area contributed by atoms with Gasteiger partial charge in [0, 0.05) is 20.1 Å².